The number of benzene rings is 4. The maximum Gasteiger partial charge on any atom is 0.318 e. The highest BCUT2D eigenvalue weighted by molar-refractivity contribution is 6.04. The van der Waals surface area contributed by atoms with Crippen LogP contribution in [0.3, 0.4) is 0 Å². The van der Waals surface area contributed by atoms with Crippen molar-refractivity contribution in [2.24, 2.45) is 5.10 Å². The van der Waals surface area contributed by atoms with Gasteiger partial charge in [0.05, 0.1) is 46.4 Å². The Hall–Kier alpha value is -6.11. The van der Waals surface area contributed by atoms with Crippen LogP contribution in [0.15, 0.2) is 96.1 Å². The fourth-order valence-corrected chi connectivity index (χ4v) is 3.92. The monoisotopic (exact) mass is 583 g/mol. The zero-order valence-corrected chi connectivity index (χ0v) is 22.8. The van der Waals surface area contributed by atoms with E-state index in [1.807, 2.05) is 30.3 Å². The van der Waals surface area contributed by atoms with E-state index in [2.05, 4.69) is 15.8 Å². The lowest BCUT2D eigenvalue weighted by Gasteiger charge is -2.12. The number of nitro benzene ring substituents is 2. The minimum absolute atomic E-state index is 0.125. The van der Waals surface area contributed by atoms with Crippen molar-refractivity contribution in [2.45, 2.75) is 13.3 Å². The van der Waals surface area contributed by atoms with E-state index >= 15 is 0 Å². The number of carbonyl (C=O) groups excluding carboxylic acids is 2. The molecule has 0 heterocycles. The second-order valence-corrected chi connectivity index (χ2v) is 8.86. The molecule has 43 heavy (non-hydrogen) atoms. The van der Waals surface area contributed by atoms with Crippen LogP contribution >= 0.6 is 0 Å². The molecule has 0 aliphatic heterocycles. The summed E-state index contributed by atoms with van der Waals surface area (Å²) >= 11 is 0. The van der Waals surface area contributed by atoms with Crippen LogP contribution in [-0.4, -0.2) is 34.5 Å². The van der Waals surface area contributed by atoms with Crippen LogP contribution < -0.4 is 20.2 Å². The summed E-state index contributed by atoms with van der Waals surface area (Å²) in [5.74, 6) is -0.695. The van der Waals surface area contributed by atoms with Gasteiger partial charge in [-0.1, -0.05) is 42.5 Å². The molecule has 0 aliphatic rings. The molecule has 13 heteroatoms. The van der Waals surface area contributed by atoms with Gasteiger partial charge in [-0.3, -0.25) is 29.8 Å². The van der Waals surface area contributed by atoms with E-state index < -0.39 is 27.1 Å². The summed E-state index contributed by atoms with van der Waals surface area (Å²) in [7, 11) is 0. The second kappa shape index (κ2) is 14.0. The number of hydrazone groups is 1. The minimum atomic E-state index is -0.779. The van der Waals surface area contributed by atoms with Gasteiger partial charge >= 0.3 is 5.69 Å². The average molecular weight is 584 g/mol. The van der Waals surface area contributed by atoms with Gasteiger partial charge in [0, 0.05) is 6.07 Å². The van der Waals surface area contributed by atoms with E-state index in [0.717, 1.165) is 23.8 Å². The first-order valence-electron chi connectivity index (χ1n) is 12.9. The first-order valence-corrected chi connectivity index (χ1v) is 12.9. The Kier molecular flexibility index (Phi) is 9.71. The van der Waals surface area contributed by atoms with E-state index in [4.69, 9.17) is 9.47 Å². The SMILES string of the molecule is CCOc1cc(/C=N\NC(=O)c2ccccc2NC(=O)Cc2ccccc2)ccc1Oc1ccc([N+](=O)[O-])cc1[N+](=O)[O-]. The Balaban J connectivity index is 1.46. The molecule has 0 atom stereocenters. The molecule has 4 rings (SSSR count). The Bertz CT molecular complexity index is 1690. The third-order valence-corrected chi connectivity index (χ3v) is 5.87. The van der Waals surface area contributed by atoms with Crippen molar-refractivity contribution in [1.82, 2.24) is 5.43 Å². The van der Waals surface area contributed by atoms with Crippen LogP contribution in [0.2, 0.25) is 0 Å². The lowest BCUT2D eigenvalue weighted by Crippen LogP contribution is -2.22. The van der Waals surface area contributed by atoms with Crippen LogP contribution in [0.5, 0.6) is 17.2 Å². The number of amides is 2. The highest BCUT2D eigenvalue weighted by Gasteiger charge is 2.22. The number of hydrogen-bond donors (Lipinski definition) is 2. The molecule has 218 valence electrons. The Morgan fingerprint density at radius 3 is 2.30 bits per heavy atom. The highest BCUT2D eigenvalue weighted by Crippen LogP contribution is 2.38. The molecule has 2 N–H and O–H groups in total. The molecule has 0 spiro atoms. The van der Waals surface area contributed by atoms with Crippen molar-refractivity contribution in [3.8, 4) is 17.2 Å². The van der Waals surface area contributed by atoms with Gasteiger partial charge in [-0.05, 0) is 54.4 Å². The summed E-state index contributed by atoms with van der Waals surface area (Å²) in [5, 5.41) is 29.2. The smallest absolute Gasteiger partial charge is 0.318 e. The molecule has 4 aromatic rings. The number of hydrogen-bond acceptors (Lipinski definition) is 9. The minimum Gasteiger partial charge on any atom is -0.490 e. The highest BCUT2D eigenvalue weighted by atomic mass is 16.6. The van der Waals surface area contributed by atoms with Gasteiger partial charge in [-0.25, -0.2) is 5.43 Å². The summed E-state index contributed by atoms with van der Waals surface area (Å²) in [6.07, 6.45) is 1.50. The summed E-state index contributed by atoms with van der Waals surface area (Å²) in [6, 6.07) is 23.4. The largest absolute Gasteiger partial charge is 0.490 e. The second-order valence-electron chi connectivity index (χ2n) is 8.86. The molecular formula is C30H25N5O8. The van der Waals surface area contributed by atoms with Crippen LogP contribution in [0.1, 0.15) is 28.4 Å². The van der Waals surface area contributed by atoms with Gasteiger partial charge in [0.1, 0.15) is 0 Å². The molecule has 0 fully saturated rings. The van der Waals surface area contributed by atoms with E-state index in [9.17, 15) is 29.8 Å². The zero-order valence-electron chi connectivity index (χ0n) is 22.8. The molecule has 0 aromatic heterocycles. The Morgan fingerprint density at radius 1 is 0.860 bits per heavy atom. The van der Waals surface area contributed by atoms with Gasteiger partial charge < -0.3 is 14.8 Å². The van der Waals surface area contributed by atoms with E-state index in [1.54, 1.807) is 43.3 Å². The summed E-state index contributed by atoms with van der Waals surface area (Å²) in [4.78, 5) is 46.4. The molecule has 13 nitrogen and oxygen atoms in total. The van der Waals surface area contributed by atoms with Crippen molar-refractivity contribution in [2.75, 3.05) is 11.9 Å². The molecule has 0 radical (unpaired) electrons. The van der Waals surface area contributed by atoms with Gasteiger partial charge in [0.25, 0.3) is 11.6 Å². The van der Waals surface area contributed by atoms with Crippen molar-refractivity contribution in [3.05, 3.63) is 128 Å². The molecule has 0 aliphatic carbocycles. The molecule has 2 amide bonds. The standard InChI is InChI=1S/C30H25N5O8/c1-2-42-28-16-21(12-14-27(28)43-26-15-13-22(34(38)39)18-25(26)35(40)41)19-31-33-30(37)23-10-6-7-11-24(23)32-29(36)17-20-8-4-3-5-9-20/h3-16,18-19H,2,17H2,1H3,(H,32,36)(H,33,37)/b31-19-. The number of nitrogens with zero attached hydrogens (tertiary/aromatic N) is 3. The Morgan fingerprint density at radius 2 is 1.58 bits per heavy atom. The molecule has 0 bridgehead atoms. The first kappa shape index (κ1) is 29.9. The van der Waals surface area contributed by atoms with E-state index in [1.165, 1.54) is 12.3 Å². The van der Waals surface area contributed by atoms with Crippen molar-refractivity contribution in [3.63, 3.8) is 0 Å². The number of anilines is 1. The van der Waals surface area contributed by atoms with Gasteiger partial charge in [0.2, 0.25) is 11.7 Å². The summed E-state index contributed by atoms with van der Waals surface area (Å²) < 4.78 is 11.3. The van der Waals surface area contributed by atoms with Crippen molar-refractivity contribution in [1.29, 1.82) is 0 Å². The van der Waals surface area contributed by atoms with Gasteiger partial charge in [0.15, 0.2) is 11.5 Å². The lowest BCUT2D eigenvalue weighted by molar-refractivity contribution is -0.394. The zero-order chi connectivity index (χ0) is 30.8. The van der Waals surface area contributed by atoms with Crippen LogP contribution in [0, 0.1) is 20.2 Å². The van der Waals surface area contributed by atoms with Crippen LogP contribution in [-0.2, 0) is 11.2 Å². The summed E-state index contributed by atoms with van der Waals surface area (Å²) in [6.45, 7) is 1.97. The number of rotatable bonds is 12. The number of non-ortho nitro benzene ring substituents is 1. The topological polar surface area (TPSA) is 175 Å². The molecule has 0 saturated carbocycles. The predicted molar refractivity (Wildman–Crippen MR) is 158 cm³/mol. The number of ether oxygens (including phenoxy) is 2. The maximum absolute atomic E-state index is 12.9. The number of nitrogens with one attached hydrogen (secondary N) is 2. The predicted octanol–water partition coefficient (Wildman–Crippen LogP) is 5.64. The van der Waals surface area contributed by atoms with Crippen molar-refractivity contribution >= 4 is 35.1 Å². The van der Waals surface area contributed by atoms with E-state index in [0.29, 0.717) is 11.3 Å². The fraction of sp³-hybridized carbons (Fsp3) is 0.100. The average Bonchev–Trinajstić information content (AvgIpc) is 2.99. The van der Waals surface area contributed by atoms with Crippen LogP contribution in [0.4, 0.5) is 17.1 Å². The van der Waals surface area contributed by atoms with Gasteiger partial charge in [-0.15, -0.1) is 0 Å². The number of nitro groups is 2. The van der Waals surface area contributed by atoms with E-state index in [-0.39, 0.29) is 41.7 Å². The third-order valence-electron chi connectivity index (χ3n) is 5.87. The van der Waals surface area contributed by atoms with Gasteiger partial charge in [-0.2, -0.15) is 5.10 Å². The number of carbonyl (C=O) groups is 2. The van der Waals surface area contributed by atoms with Crippen molar-refractivity contribution < 1.29 is 28.9 Å². The lowest BCUT2D eigenvalue weighted by atomic mass is 10.1. The molecule has 4 aromatic carbocycles. The third kappa shape index (κ3) is 7.98. The molecular weight excluding hydrogens is 558 g/mol. The first-order chi connectivity index (χ1) is 20.7. The Labute approximate surface area is 245 Å². The quantitative estimate of drug-likeness (QED) is 0.122. The number of para-hydroxylation sites is 1. The fourth-order valence-electron chi connectivity index (χ4n) is 3.92. The normalized spacial score (nSPS) is 10.6. The van der Waals surface area contributed by atoms with Crippen LogP contribution in [0.25, 0.3) is 0 Å². The molecule has 0 unspecified atom stereocenters. The molecule has 0 saturated heterocycles. The summed E-state index contributed by atoms with van der Waals surface area (Å²) in [5.41, 5.74) is 3.27. The maximum atomic E-state index is 12.9.